The Balaban J connectivity index is 1.86. The number of hydrogen-bond donors (Lipinski definition) is 0. The van der Waals surface area contributed by atoms with Gasteiger partial charge >= 0.3 is 0 Å². The molecule has 0 amide bonds. The van der Waals surface area contributed by atoms with E-state index in [9.17, 15) is 4.79 Å². The Morgan fingerprint density at radius 3 is 2.70 bits per heavy atom. The van der Waals surface area contributed by atoms with Crippen LogP contribution in [0.1, 0.15) is 6.42 Å². The van der Waals surface area contributed by atoms with Crippen molar-refractivity contribution < 1.29 is 4.79 Å². The van der Waals surface area contributed by atoms with Gasteiger partial charge in [-0.2, -0.15) is 0 Å². The van der Waals surface area contributed by atoms with Crippen LogP contribution in [0.25, 0.3) is 0 Å². The second-order valence-electron chi connectivity index (χ2n) is 4.84. The molecule has 0 aliphatic carbocycles. The highest BCUT2D eigenvalue weighted by molar-refractivity contribution is 5.86. The van der Waals surface area contributed by atoms with Crippen LogP contribution in [0.3, 0.4) is 0 Å². The maximum absolute atomic E-state index is 11.4. The monoisotopic (exact) mass is 268 g/mol. The van der Waals surface area contributed by atoms with E-state index < -0.39 is 0 Å². The molecule has 1 aliphatic rings. The molecule has 0 saturated carbocycles. The maximum atomic E-state index is 11.4. The van der Waals surface area contributed by atoms with E-state index in [2.05, 4.69) is 9.97 Å². The summed E-state index contributed by atoms with van der Waals surface area (Å²) in [6, 6.07) is 12.0. The first-order valence-electron chi connectivity index (χ1n) is 6.61. The van der Waals surface area contributed by atoms with Gasteiger partial charge in [0, 0.05) is 31.8 Å². The summed E-state index contributed by atoms with van der Waals surface area (Å²) in [6.45, 7) is 1.19. The van der Waals surface area contributed by atoms with Crippen LogP contribution in [0.5, 0.6) is 0 Å². The number of hydrogen-bond acceptors (Lipinski definition) is 5. The number of anilines is 3. The number of carbonyl (C=O) groups is 1. The first-order chi connectivity index (χ1) is 9.74. The fraction of sp³-hybridized carbons (Fsp3) is 0.267. The van der Waals surface area contributed by atoms with E-state index in [-0.39, 0.29) is 5.78 Å². The van der Waals surface area contributed by atoms with Gasteiger partial charge in [-0.05, 0) is 12.1 Å². The van der Waals surface area contributed by atoms with E-state index in [1.165, 1.54) is 0 Å². The first-order valence-corrected chi connectivity index (χ1v) is 6.61. The third-order valence-corrected chi connectivity index (χ3v) is 3.48. The maximum Gasteiger partial charge on any atom is 0.153 e. The Bertz CT molecular complexity index is 614. The van der Waals surface area contributed by atoms with E-state index in [0.29, 0.717) is 13.0 Å². The van der Waals surface area contributed by atoms with Crippen molar-refractivity contribution in [2.24, 2.45) is 0 Å². The molecule has 0 bridgehead atoms. The molecule has 5 nitrogen and oxygen atoms in total. The smallest absolute Gasteiger partial charge is 0.153 e. The van der Waals surface area contributed by atoms with Crippen LogP contribution in [-0.2, 0) is 4.79 Å². The minimum atomic E-state index is 0.265. The van der Waals surface area contributed by atoms with E-state index >= 15 is 0 Å². The fourth-order valence-electron chi connectivity index (χ4n) is 2.30. The summed E-state index contributed by atoms with van der Waals surface area (Å²) >= 11 is 0. The molecule has 20 heavy (non-hydrogen) atoms. The standard InChI is InChI=1S/C15H16N4O/c1-18(12-5-3-2-4-6-12)14-9-15(17-11-16-14)19-8-7-13(20)10-19/h2-6,9,11H,7-8,10H2,1H3. The van der Waals surface area contributed by atoms with Gasteiger partial charge in [-0.25, -0.2) is 9.97 Å². The molecule has 0 atom stereocenters. The van der Waals surface area contributed by atoms with Gasteiger partial charge in [0.2, 0.25) is 0 Å². The second-order valence-corrected chi connectivity index (χ2v) is 4.84. The summed E-state index contributed by atoms with van der Waals surface area (Å²) < 4.78 is 0. The topological polar surface area (TPSA) is 49.3 Å². The highest BCUT2D eigenvalue weighted by Crippen LogP contribution is 2.24. The van der Waals surface area contributed by atoms with Crippen LogP contribution in [0.15, 0.2) is 42.7 Å². The zero-order chi connectivity index (χ0) is 13.9. The third kappa shape index (κ3) is 2.47. The van der Waals surface area contributed by atoms with Gasteiger partial charge in [-0.3, -0.25) is 4.79 Å². The van der Waals surface area contributed by atoms with Crippen LogP contribution < -0.4 is 9.80 Å². The van der Waals surface area contributed by atoms with E-state index in [0.717, 1.165) is 23.9 Å². The van der Waals surface area contributed by atoms with Crippen molar-refractivity contribution >= 4 is 23.1 Å². The van der Waals surface area contributed by atoms with Crippen molar-refractivity contribution in [3.63, 3.8) is 0 Å². The largest absolute Gasteiger partial charge is 0.349 e. The summed E-state index contributed by atoms with van der Waals surface area (Å²) in [5.41, 5.74) is 1.06. The van der Waals surface area contributed by atoms with Crippen LogP contribution >= 0.6 is 0 Å². The highest BCUT2D eigenvalue weighted by atomic mass is 16.1. The summed E-state index contributed by atoms with van der Waals surface area (Å²) in [5, 5.41) is 0. The lowest BCUT2D eigenvalue weighted by atomic mass is 10.3. The van der Waals surface area contributed by atoms with Crippen LogP contribution in [-0.4, -0.2) is 35.9 Å². The molecule has 1 saturated heterocycles. The van der Waals surface area contributed by atoms with E-state index in [1.54, 1.807) is 6.33 Å². The quantitative estimate of drug-likeness (QED) is 0.852. The minimum absolute atomic E-state index is 0.265. The lowest BCUT2D eigenvalue weighted by Crippen LogP contribution is -2.21. The molecular weight excluding hydrogens is 252 g/mol. The predicted octanol–water partition coefficient (Wildman–Crippen LogP) is 2.02. The minimum Gasteiger partial charge on any atom is -0.349 e. The molecular formula is C15H16N4O. The lowest BCUT2D eigenvalue weighted by molar-refractivity contribution is -0.116. The summed E-state index contributed by atoms with van der Waals surface area (Å²) in [5.74, 6) is 1.89. The SMILES string of the molecule is CN(c1ccccc1)c1cc(N2CCC(=O)C2)ncn1. The Labute approximate surface area is 117 Å². The van der Waals surface area contributed by atoms with Gasteiger partial charge in [-0.1, -0.05) is 18.2 Å². The average molecular weight is 268 g/mol. The number of nitrogens with zero attached hydrogens (tertiary/aromatic N) is 4. The average Bonchev–Trinajstić information content (AvgIpc) is 2.94. The third-order valence-electron chi connectivity index (χ3n) is 3.48. The Kier molecular flexibility index (Phi) is 3.33. The van der Waals surface area contributed by atoms with Crippen molar-refractivity contribution in [3.05, 3.63) is 42.7 Å². The number of Topliss-reactive ketones (excluding diaryl/α,β-unsaturated/α-hetero) is 1. The second kappa shape index (κ2) is 5.28. The zero-order valence-corrected chi connectivity index (χ0v) is 11.4. The van der Waals surface area contributed by atoms with Gasteiger partial charge in [0.15, 0.2) is 5.78 Å². The normalized spacial score (nSPS) is 14.7. The molecule has 5 heteroatoms. The van der Waals surface area contributed by atoms with Gasteiger partial charge in [-0.15, -0.1) is 0 Å². The number of aromatic nitrogens is 2. The van der Waals surface area contributed by atoms with Crippen LogP contribution in [0.4, 0.5) is 17.3 Å². The summed E-state index contributed by atoms with van der Waals surface area (Å²) in [6.07, 6.45) is 2.15. The van der Waals surface area contributed by atoms with Gasteiger partial charge in [0.1, 0.15) is 18.0 Å². The van der Waals surface area contributed by atoms with Gasteiger partial charge < -0.3 is 9.80 Å². The molecule has 3 rings (SSSR count). The van der Waals surface area contributed by atoms with Crippen molar-refractivity contribution in [3.8, 4) is 0 Å². The number of ketones is 1. The molecule has 0 unspecified atom stereocenters. The zero-order valence-electron chi connectivity index (χ0n) is 11.4. The number of rotatable bonds is 3. The lowest BCUT2D eigenvalue weighted by Gasteiger charge is -2.21. The Morgan fingerprint density at radius 1 is 1.20 bits per heavy atom. The molecule has 1 fully saturated rings. The van der Waals surface area contributed by atoms with E-state index in [1.807, 2.05) is 53.2 Å². The molecule has 1 aromatic heterocycles. The van der Waals surface area contributed by atoms with Crippen molar-refractivity contribution in [2.45, 2.75) is 6.42 Å². The van der Waals surface area contributed by atoms with Crippen molar-refractivity contribution in [1.82, 2.24) is 9.97 Å². The number of para-hydroxylation sites is 1. The summed E-state index contributed by atoms with van der Waals surface area (Å²) in [7, 11) is 1.97. The Hall–Kier alpha value is -2.43. The van der Waals surface area contributed by atoms with Crippen LogP contribution in [0.2, 0.25) is 0 Å². The van der Waals surface area contributed by atoms with Crippen molar-refractivity contribution in [1.29, 1.82) is 0 Å². The molecule has 1 aliphatic heterocycles. The molecule has 1 aromatic carbocycles. The molecule has 0 spiro atoms. The number of carbonyl (C=O) groups excluding carboxylic acids is 1. The van der Waals surface area contributed by atoms with Crippen LogP contribution in [0, 0.1) is 0 Å². The van der Waals surface area contributed by atoms with Gasteiger partial charge in [0.25, 0.3) is 0 Å². The molecule has 102 valence electrons. The first kappa shape index (κ1) is 12.6. The summed E-state index contributed by atoms with van der Waals surface area (Å²) in [4.78, 5) is 23.9. The van der Waals surface area contributed by atoms with E-state index in [4.69, 9.17) is 0 Å². The molecule has 2 aromatic rings. The van der Waals surface area contributed by atoms with Gasteiger partial charge in [0.05, 0.1) is 6.54 Å². The molecule has 0 radical (unpaired) electrons. The molecule has 2 heterocycles. The predicted molar refractivity (Wildman–Crippen MR) is 78.4 cm³/mol. The molecule has 0 N–H and O–H groups in total. The Morgan fingerprint density at radius 2 is 2.00 bits per heavy atom. The highest BCUT2D eigenvalue weighted by Gasteiger charge is 2.21. The fourth-order valence-corrected chi connectivity index (χ4v) is 2.30. The van der Waals surface area contributed by atoms with Crippen molar-refractivity contribution in [2.75, 3.05) is 29.9 Å². The number of benzene rings is 1.